The van der Waals surface area contributed by atoms with Gasteiger partial charge in [0, 0.05) is 35.1 Å². The van der Waals surface area contributed by atoms with Crippen molar-refractivity contribution in [3.05, 3.63) is 35.8 Å². The van der Waals surface area contributed by atoms with Crippen LogP contribution in [0.3, 0.4) is 0 Å². The van der Waals surface area contributed by atoms with Gasteiger partial charge >= 0.3 is 0 Å². The van der Waals surface area contributed by atoms with Crippen LogP contribution < -0.4 is 4.74 Å². The Bertz CT molecular complexity index is 914. The molecule has 2 N–H and O–H groups in total. The number of aliphatic hydroxyl groups is 2. The fourth-order valence-corrected chi connectivity index (χ4v) is 6.73. The van der Waals surface area contributed by atoms with E-state index in [0.717, 1.165) is 37.7 Å². The molecule has 0 radical (unpaired) electrons. The molecule has 0 bridgehead atoms. The third-order valence-corrected chi connectivity index (χ3v) is 9.03. The molecule has 2 heterocycles. The summed E-state index contributed by atoms with van der Waals surface area (Å²) >= 11 is 2.13. The Labute approximate surface area is 200 Å². The lowest BCUT2D eigenvalue weighted by Crippen LogP contribution is -2.43. The summed E-state index contributed by atoms with van der Waals surface area (Å²) in [5.74, 6) is 1.29. The number of benzene rings is 1. The number of ether oxygens (including phenoxy) is 1. The number of hydrogen-bond donors (Lipinski definition) is 2. The van der Waals surface area contributed by atoms with Crippen LogP contribution in [0.25, 0.3) is 10.9 Å². The minimum absolute atomic E-state index is 0.109. The van der Waals surface area contributed by atoms with Crippen LogP contribution in [0.15, 0.2) is 24.4 Å². The van der Waals surface area contributed by atoms with Crippen LogP contribution in [-0.4, -0.2) is 64.5 Å². The maximum atomic E-state index is 14.7. The highest BCUT2D eigenvalue weighted by Crippen LogP contribution is 2.39. The van der Waals surface area contributed by atoms with Crippen LogP contribution >= 0.6 is 11.8 Å². The second-order valence-corrected chi connectivity index (χ2v) is 11.1. The zero-order valence-electron chi connectivity index (χ0n) is 19.6. The first-order valence-corrected chi connectivity index (χ1v) is 13.3. The fourth-order valence-electron chi connectivity index (χ4n) is 5.36. The lowest BCUT2D eigenvalue weighted by atomic mass is 9.74. The number of nitrogens with zero attached hydrogens (tertiary/aromatic N) is 2. The van der Waals surface area contributed by atoms with E-state index in [9.17, 15) is 14.6 Å². The Morgan fingerprint density at radius 1 is 1.27 bits per heavy atom. The molecule has 2 aliphatic rings. The van der Waals surface area contributed by atoms with Gasteiger partial charge in [0.05, 0.1) is 24.9 Å². The van der Waals surface area contributed by atoms with Crippen molar-refractivity contribution in [3.63, 3.8) is 0 Å². The van der Waals surface area contributed by atoms with Gasteiger partial charge in [0.1, 0.15) is 11.6 Å². The highest BCUT2D eigenvalue weighted by Gasteiger charge is 2.35. The van der Waals surface area contributed by atoms with Gasteiger partial charge in [-0.3, -0.25) is 4.98 Å². The van der Waals surface area contributed by atoms with Crippen LogP contribution in [0.4, 0.5) is 4.39 Å². The molecule has 1 atom stereocenters. The van der Waals surface area contributed by atoms with Crippen molar-refractivity contribution in [3.8, 4) is 5.75 Å². The van der Waals surface area contributed by atoms with E-state index >= 15 is 0 Å². The van der Waals surface area contributed by atoms with Crippen molar-refractivity contribution < 1.29 is 19.3 Å². The second kappa shape index (κ2) is 11.3. The molecule has 1 aromatic carbocycles. The molecular formula is C26H37FN2O3S. The number of thioether (sulfide) groups is 1. The predicted octanol–water partition coefficient (Wildman–Crippen LogP) is 4.95. The molecule has 2 fully saturated rings. The summed E-state index contributed by atoms with van der Waals surface area (Å²) < 4.78 is 20.0. The van der Waals surface area contributed by atoms with Crippen LogP contribution in [-0.2, 0) is 0 Å². The molecule has 5 nitrogen and oxygen atoms in total. The molecule has 1 aliphatic carbocycles. The van der Waals surface area contributed by atoms with E-state index in [1.165, 1.54) is 37.6 Å². The normalized spacial score (nSPS) is 20.4. The highest BCUT2D eigenvalue weighted by atomic mass is 32.2. The maximum absolute atomic E-state index is 14.7. The number of aromatic nitrogens is 1. The van der Waals surface area contributed by atoms with Crippen molar-refractivity contribution in [2.24, 2.45) is 5.41 Å². The Morgan fingerprint density at radius 2 is 2.03 bits per heavy atom. The number of aliphatic hydroxyl groups excluding tert-OH is 2. The van der Waals surface area contributed by atoms with Gasteiger partial charge < -0.3 is 19.8 Å². The third-order valence-electron chi connectivity index (χ3n) is 7.66. The van der Waals surface area contributed by atoms with E-state index in [-0.39, 0.29) is 17.6 Å². The summed E-state index contributed by atoms with van der Waals surface area (Å²) in [6, 6.07) is 5.29. The van der Waals surface area contributed by atoms with Crippen LogP contribution in [0.2, 0.25) is 0 Å². The number of piperidine rings is 1. The average molecular weight is 477 g/mol. The lowest BCUT2D eigenvalue weighted by Gasteiger charge is -2.41. The van der Waals surface area contributed by atoms with E-state index in [2.05, 4.69) is 21.6 Å². The molecule has 0 amide bonds. The largest absolute Gasteiger partial charge is 0.497 e. The lowest BCUT2D eigenvalue weighted by molar-refractivity contribution is 0.0251. The van der Waals surface area contributed by atoms with Gasteiger partial charge in [0.25, 0.3) is 0 Å². The quantitative estimate of drug-likeness (QED) is 0.506. The van der Waals surface area contributed by atoms with Gasteiger partial charge in [-0.1, -0.05) is 12.8 Å². The third kappa shape index (κ3) is 5.99. The summed E-state index contributed by atoms with van der Waals surface area (Å²) in [6.45, 7) is 3.18. The Hall–Kier alpha value is -1.41. The number of hydrogen-bond acceptors (Lipinski definition) is 6. The smallest absolute Gasteiger partial charge is 0.147 e. The van der Waals surface area contributed by atoms with Gasteiger partial charge in [-0.15, -0.1) is 0 Å². The molecule has 7 heteroatoms. The first kappa shape index (κ1) is 24.7. The second-order valence-electron chi connectivity index (χ2n) is 9.73. The van der Waals surface area contributed by atoms with Crippen LogP contribution in [0, 0.1) is 11.2 Å². The Morgan fingerprint density at radius 3 is 2.73 bits per heavy atom. The van der Waals surface area contributed by atoms with Gasteiger partial charge in [-0.2, -0.15) is 11.8 Å². The summed E-state index contributed by atoms with van der Waals surface area (Å²) in [4.78, 5) is 6.66. The molecule has 1 aliphatic heterocycles. The molecule has 182 valence electrons. The molecule has 1 saturated heterocycles. The summed E-state index contributed by atoms with van der Waals surface area (Å²) in [5.41, 5.74) is 0.702. The highest BCUT2D eigenvalue weighted by molar-refractivity contribution is 7.99. The van der Waals surface area contributed by atoms with E-state index in [1.54, 1.807) is 25.3 Å². The molecule has 1 aromatic heterocycles. The molecule has 1 saturated carbocycles. The van der Waals surface area contributed by atoms with E-state index in [0.29, 0.717) is 29.5 Å². The fraction of sp³-hybridized carbons (Fsp3) is 0.654. The number of likely N-dealkylation sites (tertiary alicyclic amines) is 1. The summed E-state index contributed by atoms with van der Waals surface area (Å²) in [5, 5.41) is 22.6. The number of fused-ring (bicyclic) bond motifs is 1. The standard InChI is InChI=1S/C26H37FN2O3S/c1-32-19-6-7-23-21(16-19)25(22(27)17-28-23)24(31)8-9-26(18-30)10-12-29(13-11-26)14-15-33-20-4-2-3-5-20/h6-7,16-17,20,24,30-31H,2-5,8-15,18H2,1H3/t24-/m1/s1. The molecule has 0 unspecified atom stereocenters. The van der Waals surface area contributed by atoms with E-state index < -0.39 is 11.9 Å². The first-order chi connectivity index (χ1) is 16.0. The number of halogens is 1. The minimum Gasteiger partial charge on any atom is -0.497 e. The predicted molar refractivity (Wildman–Crippen MR) is 132 cm³/mol. The van der Waals surface area contributed by atoms with Crippen molar-refractivity contribution in [1.82, 2.24) is 9.88 Å². The van der Waals surface area contributed by atoms with Crippen LogP contribution in [0.5, 0.6) is 5.75 Å². The maximum Gasteiger partial charge on any atom is 0.147 e. The van der Waals surface area contributed by atoms with Crippen molar-refractivity contribution in [2.75, 3.05) is 39.1 Å². The zero-order valence-corrected chi connectivity index (χ0v) is 20.5. The Balaban J connectivity index is 1.33. The van der Waals surface area contributed by atoms with E-state index in [1.807, 2.05) is 0 Å². The number of pyridine rings is 1. The number of rotatable bonds is 10. The van der Waals surface area contributed by atoms with Gasteiger partial charge in [0.2, 0.25) is 0 Å². The average Bonchev–Trinajstić information content (AvgIpc) is 3.36. The molecule has 4 rings (SSSR count). The van der Waals surface area contributed by atoms with Crippen LogP contribution in [0.1, 0.15) is 63.0 Å². The van der Waals surface area contributed by atoms with Gasteiger partial charge in [0.15, 0.2) is 0 Å². The monoisotopic (exact) mass is 476 g/mol. The van der Waals surface area contributed by atoms with Gasteiger partial charge in [-0.25, -0.2) is 4.39 Å². The zero-order chi connectivity index (χ0) is 23.3. The first-order valence-electron chi connectivity index (χ1n) is 12.3. The minimum atomic E-state index is -0.952. The Kier molecular flexibility index (Phi) is 8.49. The molecular weight excluding hydrogens is 439 g/mol. The molecule has 0 spiro atoms. The van der Waals surface area contributed by atoms with Crippen molar-refractivity contribution >= 4 is 22.7 Å². The van der Waals surface area contributed by atoms with Crippen molar-refractivity contribution in [2.45, 2.75) is 62.7 Å². The number of methoxy groups -OCH3 is 1. The SMILES string of the molecule is COc1ccc2ncc(F)c([C@H](O)CCC3(CO)CCN(CCSC4CCCC4)CC3)c2c1. The van der Waals surface area contributed by atoms with Crippen molar-refractivity contribution in [1.29, 1.82) is 0 Å². The topological polar surface area (TPSA) is 65.8 Å². The van der Waals surface area contributed by atoms with E-state index in [4.69, 9.17) is 4.74 Å². The van der Waals surface area contributed by atoms with Gasteiger partial charge in [-0.05, 0) is 75.2 Å². The molecule has 2 aromatic rings. The molecule has 33 heavy (non-hydrogen) atoms. The summed E-state index contributed by atoms with van der Waals surface area (Å²) in [6.07, 6.45) is 8.66. The summed E-state index contributed by atoms with van der Waals surface area (Å²) in [7, 11) is 1.56.